The van der Waals surface area contributed by atoms with Crippen molar-refractivity contribution < 1.29 is 4.39 Å². The van der Waals surface area contributed by atoms with Gasteiger partial charge in [-0.3, -0.25) is 0 Å². The van der Waals surface area contributed by atoms with E-state index in [9.17, 15) is 4.39 Å². The van der Waals surface area contributed by atoms with Crippen molar-refractivity contribution >= 4 is 17.0 Å². The molecule has 2 N–H and O–H groups in total. The molecule has 3 rings (SSSR count). The number of nitrogens with one attached hydrogen (secondary N) is 2. The number of nitrogens with zero attached hydrogens (tertiary/aromatic N) is 1. The highest BCUT2D eigenvalue weighted by atomic mass is 19.1. The number of fused-ring (bicyclic) bond motifs is 1. The molecular weight excluding hydrogens is 217 g/mol. The van der Waals surface area contributed by atoms with Gasteiger partial charge in [0.25, 0.3) is 0 Å². The monoisotopic (exact) mass is 233 g/mol. The first kappa shape index (κ1) is 10.6. The van der Waals surface area contributed by atoms with Gasteiger partial charge in [0.1, 0.15) is 5.82 Å². The largest absolute Gasteiger partial charge is 0.350 e. The average Bonchev–Trinajstić information content (AvgIpc) is 2.65. The molecule has 1 aliphatic rings. The third-order valence-electron chi connectivity index (χ3n) is 3.81. The summed E-state index contributed by atoms with van der Waals surface area (Å²) in [6.45, 7) is 2.19. The Balaban J connectivity index is 1.90. The minimum absolute atomic E-state index is 0.201. The maximum absolute atomic E-state index is 13.1. The van der Waals surface area contributed by atoms with Gasteiger partial charge in [0.15, 0.2) is 0 Å². The lowest BCUT2D eigenvalue weighted by molar-refractivity contribution is 0.268. The number of rotatable bonds is 3. The summed E-state index contributed by atoms with van der Waals surface area (Å²) < 4.78 is 13.1. The number of halogens is 1. The second kappa shape index (κ2) is 3.72. The van der Waals surface area contributed by atoms with E-state index in [0.29, 0.717) is 0 Å². The molecule has 90 valence electrons. The number of H-pyrrole nitrogens is 1. The second-order valence-corrected chi connectivity index (χ2v) is 4.86. The number of aromatic amines is 1. The fourth-order valence-electron chi connectivity index (χ4n) is 2.46. The second-order valence-electron chi connectivity index (χ2n) is 4.86. The Kier molecular flexibility index (Phi) is 2.31. The Bertz CT molecular complexity index is 537. The molecular formula is C13H16FN3. The lowest BCUT2D eigenvalue weighted by atomic mass is 9.75. The van der Waals surface area contributed by atoms with Crippen LogP contribution < -0.4 is 5.32 Å². The first-order valence-corrected chi connectivity index (χ1v) is 6.14. The minimum Gasteiger partial charge on any atom is -0.350 e. The molecule has 3 nitrogen and oxygen atoms in total. The van der Waals surface area contributed by atoms with Gasteiger partial charge in [-0.25, -0.2) is 9.37 Å². The summed E-state index contributed by atoms with van der Waals surface area (Å²) in [6.07, 6.45) is 4.75. The van der Waals surface area contributed by atoms with Crippen LogP contribution in [0.15, 0.2) is 18.2 Å². The van der Waals surface area contributed by atoms with Gasteiger partial charge in [-0.2, -0.15) is 0 Å². The van der Waals surface area contributed by atoms with Gasteiger partial charge in [0.05, 0.1) is 11.0 Å². The van der Waals surface area contributed by atoms with Crippen molar-refractivity contribution in [2.75, 3.05) is 5.32 Å². The van der Waals surface area contributed by atoms with E-state index in [0.717, 1.165) is 23.4 Å². The number of imidazole rings is 1. The maximum atomic E-state index is 13.1. The van der Waals surface area contributed by atoms with E-state index in [4.69, 9.17) is 0 Å². The van der Waals surface area contributed by atoms with Crippen molar-refractivity contribution in [3.05, 3.63) is 24.0 Å². The molecule has 17 heavy (non-hydrogen) atoms. The standard InChI is InChI=1S/C13H16FN3/c1-2-13(6-3-7-13)17-12-15-10-5-4-9(14)8-11(10)16-12/h4-5,8H,2-3,6-7H2,1H3,(H2,15,16,17). The van der Waals surface area contributed by atoms with Crippen LogP contribution in [0.25, 0.3) is 11.0 Å². The fourth-order valence-corrected chi connectivity index (χ4v) is 2.46. The molecule has 1 fully saturated rings. The molecule has 1 aromatic carbocycles. The van der Waals surface area contributed by atoms with Crippen molar-refractivity contribution in [2.45, 2.75) is 38.1 Å². The first-order chi connectivity index (χ1) is 8.21. The van der Waals surface area contributed by atoms with Crippen LogP contribution >= 0.6 is 0 Å². The summed E-state index contributed by atoms with van der Waals surface area (Å²) in [6, 6.07) is 4.62. The Morgan fingerprint density at radius 3 is 2.94 bits per heavy atom. The molecule has 0 aliphatic heterocycles. The van der Waals surface area contributed by atoms with Gasteiger partial charge >= 0.3 is 0 Å². The van der Waals surface area contributed by atoms with Gasteiger partial charge < -0.3 is 10.3 Å². The summed E-state index contributed by atoms with van der Waals surface area (Å²) in [7, 11) is 0. The Morgan fingerprint density at radius 1 is 1.47 bits per heavy atom. The molecule has 1 aromatic heterocycles. The van der Waals surface area contributed by atoms with E-state index in [-0.39, 0.29) is 11.4 Å². The summed E-state index contributed by atoms with van der Waals surface area (Å²) >= 11 is 0. The molecule has 0 spiro atoms. The highest BCUT2D eigenvalue weighted by Crippen LogP contribution is 2.37. The first-order valence-electron chi connectivity index (χ1n) is 6.14. The predicted molar refractivity (Wildman–Crippen MR) is 66.5 cm³/mol. The predicted octanol–water partition coefficient (Wildman–Crippen LogP) is 3.45. The zero-order valence-electron chi connectivity index (χ0n) is 9.89. The molecule has 0 saturated heterocycles. The molecule has 4 heteroatoms. The lowest BCUT2D eigenvalue weighted by Crippen LogP contribution is -2.44. The van der Waals surface area contributed by atoms with Gasteiger partial charge in [-0.05, 0) is 43.9 Å². The van der Waals surface area contributed by atoms with Crippen molar-refractivity contribution in [3.8, 4) is 0 Å². The SMILES string of the molecule is CCC1(Nc2nc3ccc(F)cc3[nH]2)CCC1. The zero-order chi connectivity index (χ0) is 11.9. The molecule has 1 heterocycles. The third-order valence-corrected chi connectivity index (χ3v) is 3.81. The average molecular weight is 233 g/mol. The summed E-state index contributed by atoms with van der Waals surface area (Å²) in [5, 5.41) is 3.46. The maximum Gasteiger partial charge on any atom is 0.201 e. The topological polar surface area (TPSA) is 40.7 Å². The Hall–Kier alpha value is -1.58. The molecule has 2 aromatic rings. The van der Waals surface area contributed by atoms with Crippen molar-refractivity contribution in [3.63, 3.8) is 0 Å². The molecule has 0 amide bonds. The summed E-state index contributed by atoms with van der Waals surface area (Å²) in [5.41, 5.74) is 1.75. The molecule has 0 atom stereocenters. The van der Waals surface area contributed by atoms with E-state index in [1.165, 1.54) is 31.4 Å². The lowest BCUT2D eigenvalue weighted by Gasteiger charge is -2.41. The third kappa shape index (κ3) is 1.77. The van der Waals surface area contributed by atoms with Crippen LogP contribution in [0.4, 0.5) is 10.3 Å². The molecule has 1 aliphatic carbocycles. The van der Waals surface area contributed by atoms with Crippen LogP contribution in [0.2, 0.25) is 0 Å². The highest BCUT2D eigenvalue weighted by Gasteiger charge is 2.35. The van der Waals surface area contributed by atoms with Gasteiger partial charge in [0.2, 0.25) is 5.95 Å². The van der Waals surface area contributed by atoms with Gasteiger partial charge in [-0.1, -0.05) is 6.92 Å². The van der Waals surface area contributed by atoms with Crippen LogP contribution in [0.1, 0.15) is 32.6 Å². The van der Waals surface area contributed by atoms with E-state index < -0.39 is 0 Å². The summed E-state index contributed by atoms with van der Waals surface area (Å²) in [4.78, 5) is 7.57. The van der Waals surface area contributed by atoms with Crippen LogP contribution in [-0.2, 0) is 0 Å². The zero-order valence-corrected chi connectivity index (χ0v) is 9.89. The highest BCUT2D eigenvalue weighted by molar-refractivity contribution is 5.77. The van der Waals surface area contributed by atoms with Crippen LogP contribution in [0, 0.1) is 5.82 Å². The minimum atomic E-state index is -0.235. The Labute approximate surface area is 99.4 Å². The number of aromatic nitrogens is 2. The molecule has 0 unspecified atom stereocenters. The number of hydrogen-bond donors (Lipinski definition) is 2. The number of anilines is 1. The van der Waals surface area contributed by atoms with Crippen molar-refractivity contribution in [2.24, 2.45) is 0 Å². The quantitative estimate of drug-likeness (QED) is 0.852. The fraction of sp³-hybridized carbons (Fsp3) is 0.462. The van der Waals surface area contributed by atoms with Gasteiger partial charge in [-0.15, -0.1) is 0 Å². The number of hydrogen-bond acceptors (Lipinski definition) is 2. The number of benzene rings is 1. The normalized spacial score (nSPS) is 18.0. The molecule has 0 bridgehead atoms. The van der Waals surface area contributed by atoms with E-state index >= 15 is 0 Å². The van der Waals surface area contributed by atoms with E-state index in [1.807, 2.05) is 0 Å². The van der Waals surface area contributed by atoms with Crippen LogP contribution in [-0.4, -0.2) is 15.5 Å². The van der Waals surface area contributed by atoms with Gasteiger partial charge in [0, 0.05) is 5.54 Å². The summed E-state index contributed by atoms with van der Waals surface area (Å²) in [5.74, 6) is 0.522. The van der Waals surface area contributed by atoms with E-state index in [1.54, 1.807) is 6.07 Å². The smallest absolute Gasteiger partial charge is 0.201 e. The molecule has 1 saturated carbocycles. The van der Waals surface area contributed by atoms with Crippen LogP contribution in [0.5, 0.6) is 0 Å². The Morgan fingerprint density at radius 2 is 2.29 bits per heavy atom. The van der Waals surface area contributed by atoms with Crippen molar-refractivity contribution in [1.82, 2.24) is 9.97 Å². The van der Waals surface area contributed by atoms with E-state index in [2.05, 4.69) is 22.2 Å². The van der Waals surface area contributed by atoms with Crippen molar-refractivity contribution in [1.29, 1.82) is 0 Å². The molecule has 0 radical (unpaired) electrons. The van der Waals surface area contributed by atoms with Crippen LogP contribution in [0.3, 0.4) is 0 Å².